The SMILES string of the molecule is COCC(=O)NC1CCC12CCN(S(=O)(=O)c1cccc(OC)c1)CC2. The van der Waals surface area contributed by atoms with E-state index in [2.05, 4.69) is 5.32 Å². The van der Waals surface area contributed by atoms with Crippen LogP contribution >= 0.6 is 0 Å². The van der Waals surface area contributed by atoms with E-state index in [1.54, 1.807) is 28.6 Å². The monoisotopic (exact) mass is 382 g/mol. The molecule has 0 aromatic heterocycles. The molecule has 1 spiro atoms. The van der Waals surface area contributed by atoms with Crippen molar-refractivity contribution in [3.8, 4) is 5.75 Å². The third-order valence-corrected chi connectivity index (χ3v) is 7.57. The molecule has 26 heavy (non-hydrogen) atoms. The van der Waals surface area contributed by atoms with Crippen LogP contribution in [-0.2, 0) is 19.6 Å². The lowest BCUT2D eigenvalue weighted by atomic mass is 9.59. The van der Waals surface area contributed by atoms with Gasteiger partial charge < -0.3 is 14.8 Å². The second-order valence-corrected chi connectivity index (χ2v) is 8.98. The fraction of sp³-hybridized carbons (Fsp3) is 0.611. The lowest BCUT2D eigenvalue weighted by molar-refractivity contribution is -0.128. The number of nitrogens with one attached hydrogen (secondary N) is 1. The summed E-state index contributed by atoms with van der Waals surface area (Å²) in [6.07, 6.45) is 3.48. The molecule has 1 amide bonds. The molecule has 8 heteroatoms. The zero-order chi connectivity index (χ0) is 18.8. The van der Waals surface area contributed by atoms with Gasteiger partial charge in [0, 0.05) is 32.3 Å². The second-order valence-electron chi connectivity index (χ2n) is 7.04. The van der Waals surface area contributed by atoms with Crippen molar-refractivity contribution in [2.24, 2.45) is 5.41 Å². The molecule has 1 aromatic carbocycles. The molecule has 1 heterocycles. The maximum Gasteiger partial charge on any atom is 0.246 e. The average molecular weight is 382 g/mol. The minimum atomic E-state index is -3.53. The molecule has 2 aliphatic rings. The number of carbonyl (C=O) groups excluding carboxylic acids is 1. The number of nitrogens with zero attached hydrogens (tertiary/aromatic N) is 1. The van der Waals surface area contributed by atoms with Gasteiger partial charge >= 0.3 is 0 Å². The first-order valence-electron chi connectivity index (χ1n) is 8.84. The number of hydrogen-bond donors (Lipinski definition) is 1. The smallest absolute Gasteiger partial charge is 0.246 e. The Balaban J connectivity index is 1.65. The Labute approximate surface area is 154 Å². The number of benzene rings is 1. The predicted octanol–water partition coefficient (Wildman–Crippen LogP) is 1.39. The zero-order valence-electron chi connectivity index (χ0n) is 15.2. The van der Waals surface area contributed by atoms with Crippen LogP contribution in [0, 0.1) is 5.41 Å². The number of methoxy groups -OCH3 is 2. The summed E-state index contributed by atoms with van der Waals surface area (Å²) in [5.41, 5.74) is 0.0177. The van der Waals surface area contributed by atoms with E-state index in [9.17, 15) is 13.2 Å². The van der Waals surface area contributed by atoms with E-state index in [4.69, 9.17) is 9.47 Å². The van der Waals surface area contributed by atoms with Crippen molar-refractivity contribution in [1.29, 1.82) is 0 Å². The van der Waals surface area contributed by atoms with Crippen LogP contribution < -0.4 is 10.1 Å². The van der Waals surface area contributed by atoms with Crippen LogP contribution in [0.4, 0.5) is 0 Å². The van der Waals surface area contributed by atoms with E-state index in [0.717, 1.165) is 25.7 Å². The van der Waals surface area contributed by atoms with Crippen molar-refractivity contribution in [1.82, 2.24) is 9.62 Å². The molecule has 7 nitrogen and oxygen atoms in total. The quantitative estimate of drug-likeness (QED) is 0.804. The minimum Gasteiger partial charge on any atom is -0.497 e. The molecule has 1 saturated heterocycles. The van der Waals surface area contributed by atoms with Gasteiger partial charge in [-0.25, -0.2) is 8.42 Å². The normalized spacial score (nSPS) is 22.6. The number of rotatable bonds is 6. The molecule has 1 N–H and O–H groups in total. The molecule has 0 radical (unpaired) electrons. The van der Waals surface area contributed by atoms with Crippen LogP contribution in [0.15, 0.2) is 29.2 Å². The van der Waals surface area contributed by atoms with Gasteiger partial charge in [-0.1, -0.05) is 6.07 Å². The minimum absolute atomic E-state index is 0.0177. The number of carbonyl (C=O) groups is 1. The summed E-state index contributed by atoms with van der Waals surface area (Å²) in [5.74, 6) is 0.419. The van der Waals surface area contributed by atoms with Crippen LogP contribution in [0.25, 0.3) is 0 Å². The lowest BCUT2D eigenvalue weighted by Crippen LogP contribution is -2.60. The van der Waals surface area contributed by atoms with Gasteiger partial charge in [-0.3, -0.25) is 4.79 Å². The molecular formula is C18H26N2O5S. The molecule has 0 bridgehead atoms. The van der Waals surface area contributed by atoms with Gasteiger partial charge in [0.05, 0.1) is 12.0 Å². The molecule has 2 fully saturated rings. The standard InChI is InChI=1S/C18H26N2O5S/c1-24-13-17(21)19-16-6-7-18(16)8-10-20(11-9-18)26(22,23)15-5-3-4-14(12-15)25-2/h3-5,12,16H,6-11,13H2,1-2H3,(H,19,21). The van der Waals surface area contributed by atoms with Crippen molar-refractivity contribution < 1.29 is 22.7 Å². The van der Waals surface area contributed by atoms with E-state index in [-0.39, 0.29) is 28.9 Å². The molecule has 1 aliphatic heterocycles. The summed E-state index contributed by atoms with van der Waals surface area (Å²) in [7, 11) is -0.515. The third kappa shape index (κ3) is 3.58. The number of hydrogen-bond acceptors (Lipinski definition) is 5. The van der Waals surface area contributed by atoms with E-state index < -0.39 is 10.0 Å². The van der Waals surface area contributed by atoms with Crippen LogP contribution in [0.2, 0.25) is 0 Å². The summed E-state index contributed by atoms with van der Waals surface area (Å²) >= 11 is 0. The van der Waals surface area contributed by atoms with Gasteiger partial charge in [-0.2, -0.15) is 4.31 Å². The number of amides is 1. The lowest BCUT2D eigenvalue weighted by Gasteiger charge is -2.53. The van der Waals surface area contributed by atoms with Gasteiger partial charge in [-0.05, 0) is 43.2 Å². The summed E-state index contributed by atoms with van der Waals surface area (Å²) < 4.78 is 37.3. The van der Waals surface area contributed by atoms with Gasteiger partial charge in [0.15, 0.2) is 0 Å². The van der Waals surface area contributed by atoms with E-state index >= 15 is 0 Å². The Morgan fingerprint density at radius 1 is 1.27 bits per heavy atom. The summed E-state index contributed by atoms with van der Waals surface area (Å²) in [5, 5.41) is 3.03. The maximum absolute atomic E-state index is 12.9. The van der Waals surface area contributed by atoms with Crippen LogP contribution in [-0.4, -0.2) is 58.6 Å². The molecule has 1 aliphatic carbocycles. The third-order valence-electron chi connectivity index (χ3n) is 5.68. The van der Waals surface area contributed by atoms with Crippen molar-refractivity contribution in [3.63, 3.8) is 0 Å². The highest BCUT2D eigenvalue weighted by Crippen LogP contribution is 2.49. The molecule has 1 atom stereocenters. The summed E-state index contributed by atoms with van der Waals surface area (Å²) in [6, 6.07) is 6.68. The van der Waals surface area contributed by atoms with Crippen LogP contribution in [0.3, 0.4) is 0 Å². The topological polar surface area (TPSA) is 84.9 Å². The number of ether oxygens (including phenoxy) is 2. The van der Waals surface area contributed by atoms with E-state index in [0.29, 0.717) is 18.8 Å². The summed E-state index contributed by atoms with van der Waals surface area (Å²) in [4.78, 5) is 12.0. The van der Waals surface area contributed by atoms with Crippen molar-refractivity contribution >= 4 is 15.9 Å². The van der Waals surface area contributed by atoms with Crippen molar-refractivity contribution in [2.45, 2.75) is 36.6 Å². The van der Waals surface area contributed by atoms with Crippen LogP contribution in [0.1, 0.15) is 25.7 Å². The van der Waals surface area contributed by atoms with Gasteiger partial charge in [0.2, 0.25) is 15.9 Å². The Morgan fingerprint density at radius 3 is 2.58 bits per heavy atom. The molecular weight excluding hydrogens is 356 g/mol. The fourth-order valence-corrected chi connectivity index (χ4v) is 5.45. The molecule has 144 valence electrons. The average Bonchev–Trinajstić information content (AvgIpc) is 2.65. The molecule has 3 rings (SSSR count). The zero-order valence-corrected chi connectivity index (χ0v) is 16.0. The Bertz CT molecular complexity index is 757. The van der Waals surface area contributed by atoms with E-state index in [1.165, 1.54) is 14.2 Å². The number of sulfonamides is 1. The highest BCUT2D eigenvalue weighted by Gasteiger charge is 2.50. The predicted molar refractivity (Wildman–Crippen MR) is 96.5 cm³/mol. The fourth-order valence-electron chi connectivity index (χ4n) is 3.97. The Kier molecular flexibility index (Phi) is 5.55. The van der Waals surface area contributed by atoms with Gasteiger partial charge in [-0.15, -0.1) is 0 Å². The van der Waals surface area contributed by atoms with Gasteiger partial charge in [0.25, 0.3) is 0 Å². The second kappa shape index (κ2) is 7.54. The summed E-state index contributed by atoms with van der Waals surface area (Å²) in [6.45, 7) is 0.995. The first kappa shape index (κ1) is 19.1. The largest absolute Gasteiger partial charge is 0.497 e. The Morgan fingerprint density at radius 2 is 2.00 bits per heavy atom. The molecule has 1 aromatic rings. The molecule has 1 unspecified atom stereocenters. The Hall–Kier alpha value is -1.64. The van der Waals surface area contributed by atoms with Crippen molar-refractivity contribution in [2.75, 3.05) is 33.9 Å². The van der Waals surface area contributed by atoms with Crippen molar-refractivity contribution in [3.05, 3.63) is 24.3 Å². The highest BCUT2D eigenvalue weighted by atomic mass is 32.2. The maximum atomic E-state index is 12.9. The highest BCUT2D eigenvalue weighted by molar-refractivity contribution is 7.89. The van der Waals surface area contributed by atoms with Crippen LogP contribution in [0.5, 0.6) is 5.75 Å². The van der Waals surface area contributed by atoms with E-state index in [1.807, 2.05) is 0 Å². The number of piperidine rings is 1. The van der Waals surface area contributed by atoms with Gasteiger partial charge in [0.1, 0.15) is 12.4 Å². The molecule has 1 saturated carbocycles. The first-order valence-corrected chi connectivity index (χ1v) is 10.3. The first-order chi connectivity index (χ1) is 12.4.